The maximum Gasteiger partial charge on any atom is 0.233 e. The smallest absolute Gasteiger partial charge is 0.233 e. The molecule has 0 atom stereocenters. The summed E-state index contributed by atoms with van der Waals surface area (Å²) in [5.41, 5.74) is 6.12. The lowest BCUT2D eigenvalue weighted by atomic mass is 10.3. The van der Waals surface area contributed by atoms with E-state index in [0.717, 1.165) is 0 Å². The molecule has 0 bridgehead atoms. The molecule has 0 aliphatic rings. The molecule has 0 unspecified atom stereocenters. The van der Waals surface area contributed by atoms with Gasteiger partial charge < -0.3 is 5.73 Å². The van der Waals surface area contributed by atoms with Gasteiger partial charge in [-0.15, -0.1) is 0 Å². The van der Waals surface area contributed by atoms with Crippen molar-refractivity contribution in [3.63, 3.8) is 0 Å². The third-order valence-electron chi connectivity index (χ3n) is 1.87. The Morgan fingerprint density at radius 2 is 2.29 bits per heavy atom. The zero-order valence-corrected chi connectivity index (χ0v) is 9.00. The number of sulfonamides is 1. The maximum atomic E-state index is 11.3. The van der Waals surface area contributed by atoms with Crippen molar-refractivity contribution in [2.24, 2.45) is 12.8 Å². The van der Waals surface area contributed by atoms with Crippen molar-refractivity contribution in [3.8, 4) is 0 Å². The lowest BCUT2D eigenvalue weighted by molar-refractivity contribution is 0.601. The van der Waals surface area contributed by atoms with Crippen LogP contribution in [0.2, 0.25) is 0 Å². The summed E-state index contributed by atoms with van der Waals surface area (Å²) in [7, 11) is -1.60. The summed E-state index contributed by atoms with van der Waals surface area (Å²) < 4.78 is 26.5. The van der Waals surface area contributed by atoms with Crippen LogP contribution in [0.25, 0.3) is 0 Å². The van der Waals surface area contributed by atoms with Gasteiger partial charge in [-0.05, 0) is 6.92 Å². The third-order valence-corrected chi connectivity index (χ3v) is 3.13. The van der Waals surface area contributed by atoms with Crippen molar-refractivity contribution < 1.29 is 8.42 Å². The second-order valence-electron chi connectivity index (χ2n) is 2.85. The molecule has 1 aromatic rings. The number of hydrogen-bond acceptors (Lipinski definition) is 4. The zero-order chi connectivity index (χ0) is 10.8. The summed E-state index contributed by atoms with van der Waals surface area (Å²) in [6.45, 7) is 1.83. The number of nitrogens with one attached hydrogen (secondary N) is 1. The fraction of sp³-hybridized carbons (Fsp3) is 0.571. The van der Waals surface area contributed by atoms with Gasteiger partial charge in [0, 0.05) is 19.2 Å². The number of nitrogens with two attached hydrogens (primary N) is 1. The molecule has 7 heteroatoms. The van der Waals surface area contributed by atoms with Crippen LogP contribution in [0.3, 0.4) is 0 Å². The van der Waals surface area contributed by atoms with Crippen molar-refractivity contribution in [3.05, 3.63) is 11.8 Å². The molecule has 0 amide bonds. The van der Waals surface area contributed by atoms with E-state index in [2.05, 4.69) is 9.82 Å². The van der Waals surface area contributed by atoms with E-state index in [1.165, 1.54) is 4.68 Å². The van der Waals surface area contributed by atoms with Gasteiger partial charge in [-0.3, -0.25) is 9.40 Å². The minimum atomic E-state index is -3.26. The van der Waals surface area contributed by atoms with Crippen molar-refractivity contribution in [2.75, 3.05) is 10.5 Å². The predicted molar refractivity (Wildman–Crippen MR) is 54.2 cm³/mol. The van der Waals surface area contributed by atoms with Crippen LogP contribution in [-0.4, -0.2) is 24.0 Å². The van der Waals surface area contributed by atoms with E-state index in [-0.39, 0.29) is 12.3 Å². The lowest BCUT2D eigenvalue weighted by Gasteiger charge is -2.07. The molecule has 0 aliphatic heterocycles. The maximum absolute atomic E-state index is 11.3. The first-order chi connectivity index (χ1) is 6.50. The van der Waals surface area contributed by atoms with Gasteiger partial charge in [0.1, 0.15) is 5.82 Å². The number of hydrogen-bond donors (Lipinski definition) is 2. The molecule has 0 saturated heterocycles. The number of nitrogens with zero attached hydrogens (tertiary/aromatic N) is 2. The highest BCUT2D eigenvalue weighted by Crippen LogP contribution is 2.14. The minimum Gasteiger partial charge on any atom is -0.326 e. The van der Waals surface area contributed by atoms with Crippen molar-refractivity contribution in [1.82, 2.24) is 9.78 Å². The average Bonchev–Trinajstić information content (AvgIpc) is 2.48. The van der Waals surface area contributed by atoms with Crippen molar-refractivity contribution >= 4 is 15.8 Å². The van der Waals surface area contributed by atoms with Crippen molar-refractivity contribution in [2.45, 2.75) is 13.5 Å². The summed E-state index contributed by atoms with van der Waals surface area (Å²) in [6, 6.07) is 0. The van der Waals surface area contributed by atoms with Gasteiger partial charge in [0.2, 0.25) is 10.0 Å². The Bertz CT molecular complexity index is 409. The van der Waals surface area contributed by atoms with E-state index in [0.29, 0.717) is 11.4 Å². The molecule has 14 heavy (non-hydrogen) atoms. The minimum absolute atomic E-state index is 0.0300. The monoisotopic (exact) mass is 218 g/mol. The molecule has 0 aromatic carbocycles. The van der Waals surface area contributed by atoms with Crippen LogP contribution in [0.1, 0.15) is 12.5 Å². The van der Waals surface area contributed by atoms with Gasteiger partial charge in [-0.25, -0.2) is 8.42 Å². The normalized spacial score (nSPS) is 11.6. The zero-order valence-electron chi connectivity index (χ0n) is 8.19. The Kier molecular flexibility index (Phi) is 3.12. The molecular weight excluding hydrogens is 204 g/mol. The predicted octanol–water partition coefficient (Wildman–Crippen LogP) is -0.360. The van der Waals surface area contributed by atoms with Crippen LogP contribution in [0.5, 0.6) is 0 Å². The van der Waals surface area contributed by atoms with Crippen LogP contribution < -0.4 is 10.5 Å². The Morgan fingerprint density at radius 1 is 1.64 bits per heavy atom. The van der Waals surface area contributed by atoms with Crippen LogP contribution in [0, 0.1) is 0 Å². The highest BCUT2D eigenvalue weighted by Gasteiger charge is 2.13. The first-order valence-corrected chi connectivity index (χ1v) is 5.87. The fourth-order valence-corrected chi connectivity index (χ4v) is 1.69. The molecule has 0 aliphatic carbocycles. The standard InChI is InChI=1S/C7H14N4O2S/c1-3-14(12,13)10-7-6(4-8)5-9-11(7)2/h5,10H,3-4,8H2,1-2H3. The van der Waals surface area contributed by atoms with Gasteiger partial charge in [0.15, 0.2) is 0 Å². The number of anilines is 1. The van der Waals surface area contributed by atoms with Crippen LogP contribution in [0.15, 0.2) is 6.20 Å². The Hall–Kier alpha value is -1.08. The summed E-state index contributed by atoms with van der Waals surface area (Å²) in [5.74, 6) is 0.469. The first kappa shape index (κ1) is 11.0. The topological polar surface area (TPSA) is 90.0 Å². The molecule has 0 spiro atoms. The van der Waals surface area contributed by atoms with E-state index in [1.807, 2.05) is 0 Å². The summed E-state index contributed by atoms with van der Waals surface area (Å²) in [4.78, 5) is 0. The van der Waals surface area contributed by atoms with E-state index in [4.69, 9.17) is 5.73 Å². The van der Waals surface area contributed by atoms with Gasteiger partial charge in [-0.2, -0.15) is 5.10 Å². The fourth-order valence-electron chi connectivity index (χ4n) is 0.983. The summed E-state index contributed by atoms with van der Waals surface area (Å²) >= 11 is 0. The Morgan fingerprint density at radius 3 is 2.79 bits per heavy atom. The highest BCUT2D eigenvalue weighted by molar-refractivity contribution is 7.92. The van der Waals surface area contributed by atoms with E-state index in [1.54, 1.807) is 20.2 Å². The van der Waals surface area contributed by atoms with Crippen LogP contribution in [0.4, 0.5) is 5.82 Å². The Labute approximate surface area is 83.1 Å². The lowest BCUT2D eigenvalue weighted by Crippen LogP contribution is -2.18. The summed E-state index contributed by atoms with van der Waals surface area (Å²) in [5, 5.41) is 3.92. The molecule has 0 fully saturated rings. The molecule has 0 saturated carbocycles. The van der Waals surface area contributed by atoms with Gasteiger partial charge in [0.05, 0.1) is 11.9 Å². The van der Waals surface area contributed by atoms with Gasteiger partial charge in [-0.1, -0.05) is 0 Å². The first-order valence-electron chi connectivity index (χ1n) is 4.21. The molecule has 1 aromatic heterocycles. The number of rotatable bonds is 4. The van der Waals surface area contributed by atoms with Crippen LogP contribution >= 0.6 is 0 Å². The molecule has 1 heterocycles. The Balaban J connectivity index is 3.01. The molecule has 1 rings (SSSR count). The second kappa shape index (κ2) is 3.97. The molecule has 80 valence electrons. The van der Waals surface area contributed by atoms with E-state index in [9.17, 15) is 8.42 Å². The van der Waals surface area contributed by atoms with Crippen LogP contribution in [-0.2, 0) is 23.6 Å². The van der Waals surface area contributed by atoms with E-state index < -0.39 is 10.0 Å². The van der Waals surface area contributed by atoms with Gasteiger partial charge >= 0.3 is 0 Å². The summed E-state index contributed by atoms with van der Waals surface area (Å²) in [6.07, 6.45) is 1.55. The van der Waals surface area contributed by atoms with Gasteiger partial charge in [0.25, 0.3) is 0 Å². The molecule has 6 nitrogen and oxygen atoms in total. The molecule has 0 radical (unpaired) electrons. The molecular formula is C7H14N4O2S. The highest BCUT2D eigenvalue weighted by atomic mass is 32.2. The average molecular weight is 218 g/mol. The molecule has 3 N–H and O–H groups in total. The largest absolute Gasteiger partial charge is 0.326 e. The number of aryl methyl sites for hydroxylation is 1. The quantitative estimate of drug-likeness (QED) is 0.722. The van der Waals surface area contributed by atoms with Crippen molar-refractivity contribution in [1.29, 1.82) is 0 Å². The number of aromatic nitrogens is 2. The second-order valence-corrected chi connectivity index (χ2v) is 4.86. The van der Waals surface area contributed by atoms with E-state index >= 15 is 0 Å². The third kappa shape index (κ3) is 2.24. The SMILES string of the molecule is CCS(=O)(=O)Nc1c(CN)cnn1C.